The van der Waals surface area contributed by atoms with Gasteiger partial charge in [0.1, 0.15) is 0 Å². The summed E-state index contributed by atoms with van der Waals surface area (Å²) in [6, 6.07) is 27.2. The molecule has 0 spiro atoms. The van der Waals surface area contributed by atoms with Crippen LogP contribution < -0.4 is 0 Å². The van der Waals surface area contributed by atoms with Crippen LogP contribution >= 0.6 is 27.5 Å². The molecule has 0 unspecified atom stereocenters. The fraction of sp³-hybridized carbons (Fsp3) is 0.189. The summed E-state index contributed by atoms with van der Waals surface area (Å²) < 4.78 is 3.35. The Labute approximate surface area is 250 Å². The van der Waals surface area contributed by atoms with Crippen LogP contribution in [0.1, 0.15) is 38.9 Å². The molecule has 0 saturated heterocycles. The van der Waals surface area contributed by atoms with E-state index in [9.17, 15) is 0 Å². The number of aromatic nitrogens is 1. The van der Waals surface area contributed by atoms with Crippen molar-refractivity contribution < 1.29 is 0 Å². The van der Waals surface area contributed by atoms with Gasteiger partial charge >= 0.3 is 0 Å². The van der Waals surface area contributed by atoms with Gasteiger partial charge in [0.2, 0.25) is 0 Å². The highest BCUT2D eigenvalue weighted by Gasteiger charge is 2.18. The third-order valence-electron chi connectivity index (χ3n) is 8.22. The Hall–Kier alpha value is -3.33. The number of benzene rings is 5. The summed E-state index contributed by atoms with van der Waals surface area (Å²) >= 11 is 10.4. The normalized spacial score (nSPS) is 11.6. The minimum atomic E-state index is 0.754. The van der Waals surface area contributed by atoms with E-state index in [1.807, 2.05) is 6.92 Å². The topological polar surface area (TPSA) is 4.93 Å². The molecule has 0 atom stereocenters. The lowest BCUT2D eigenvalue weighted by molar-refractivity contribution is 1.17. The van der Waals surface area contributed by atoms with Crippen LogP contribution in [0.25, 0.3) is 49.7 Å². The SMILES string of the molecule is Cc1cc(C)c(-c2ccc3c(c2)c2cc(-c4c(C)cc(C)cc4C)ccc2n3-c2cc(Cl)c(C)c(Br)c2)c(C)c1. The first-order valence-electron chi connectivity index (χ1n) is 13.7. The molecule has 1 heterocycles. The molecule has 0 aliphatic heterocycles. The van der Waals surface area contributed by atoms with Crippen LogP contribution in [0.15, 0.2) is 77.3 Å². The molecule has 0 radical (unpaired) electrons. The summed E-state index contributed by atoms with van der Waals surface area (Å²) in [5.41, 5.74) is 17.4. The fourth-order valence-corrected chi connectivity index (χ4v) is 7.42. The van der Waals surface area contributed by atoms with Gasteiger partial charge in [-0.25, -0.2) is 0 Å². The second-order valence-electron chi connectivity index (χ2n) is 11.4. The number of hydrogen-bond donors (Lipinski definition) is 0. The van der Waals surface area contributed by atoms with Gasteiger partial charge in [-0.05, 0) is 135 Å². The molecule has 6 aromatic rings. The molecule has 200 valence electrons. The van der Waals surface area contributed by atoms with Gasteiger partial charge in [0, 0.05) is 26.0 Å². The molecular weight excluding hydrogens is 574 g/mol. The van der Waals surface area contributed by atoms with Crippen LogP contribution in [0.2, 0.25) is 5.02 Å². The molecular formula is C37H33BrClN. The lowest BCUT2D eigenvalue weighted by atomic mass is 9.91. The predicted octanol–water partition coefficient (Wildman–Crippen LogP) is 11.7. The highest BCUT2D eigenvalue weighted by Crippen LogP contribution is 2.40. The van der Waals surface area contributed by atoms with E-state index >= 15 is 0 Å². The Balaban J connectivity index is 1.70. The monoisotopic (exact) mass is 605 g/mol. The molecule has 0 bridgehead atoms. The molecule has 1 aromatic heterocycles. The van der Waals surface area contributed by atoms with E-state index in [1.54, 1.807) is 0 Å². The number of halogens is 2. The summed E-state index contributed by atoms with van der Waals surface area (Å²) in [5, 5.41) is 3.23. The number of fused-ring (bicyclic) bond motifs is 3. The van der Waals surface area contributed by atoms with E-state index in [0.717, 1.165) is 20.7 Å². The van der Waals surface area contributed by atoms with Gasteiger partial charge in [0.05, 0.1) is 11.0 Å². The maximum absolute atomic E-state index is 6.70. The first-order chi connectivity index (χ1) is 19.0. The molecule has 40 heavy (non-hydrogen) atoms. The van der Waals surface area contributed by atoms with Gasteiger partial charge in [-0.1, -0.05) is 75.1 Å². The van der Waals surface area contributed by atoms with Crippen molar-refractivity contribution in [1.82, 2.24) is 4.57 Å². The maximum Gasteiger partial charge on any atom is 0.0541 e. The maximum atomic E-state index is 6.70. The molecule has 0 amide bonds. The average molecular weight is 607 g/mol. The first-order valence-corrected chi connectivity index (χ1v) is 14.9. The highest BCUT2D eigenvalue weighted by atomic mass is 79.9. The van der Waals surface area contributed by atoms with Gasteiger partial charge in [-0.3, -0.25) is 0 Å². The van der Waals surface area contributed by atoms with Crippen LogP contribution in [0.3, 0.4) is 0 Å². The predicted molar refractivity (Wildman–Crippen MR) is 178 cm³/mol. The lowest BCUT2D eigenvalue weighted by Crippen LogP contribution is -1.96. The molecule has 0 aliphatic carbocycles. The Bertz CT molecular complexity index is 1810. The fourth-order valence-electron chi connectivity index (χ4n) is 6.64. The van der Waals surface area contributed by atoms with Gasteiger partial charge < -0.3 is 4.57 Å². The summed E-state index contributed by atoms with van der Waals surface area (Å²) in [5.74, 6) is 0. The lowest BCUT2D eigenvalue weighted by Gasteiger charge is -2.14. The number of nitrogens with zero attached hydrogens (tertiary/aromatic N) is 1. The Kier molecular flexibility index (Phi) is 6.68. The van der Waals surface area contributed by atoms with E-state index < -0.39 is 0 Å². The van der Waals surface area contributed by atoms with Crippen molar-refractivity contribution in [2.75, 3.05) is 0 Å². The van der Waals surface area contributed by atoms with Crippen molar-refractivity contribution in [3.05, 3.63) is 121 Å². The van der Waals surface area contributed by atoms with Crippen LogP contribution in [0.5, 0.6) is 0 Å². The number of aryl methyl sites for hydroxylation is 6. The second kappa shape index (κ2) is 9.94. The highest BCUT2D eigenvalue weighted by molar-refractivity contribution is 9.10. The molecule has 0 N–H and O–H groups in total. The zero-order chi connectivity index (χ0) is 28.5. The van der Waals surface area contributed by atoms with E-state index in [1.165, 1.54) is 77.4 Å². The standard InChI is InChI=1S/C37H33BrClN/c1-20-12-22(3)36(23(4)13-20)27-8-10-34-30(16-27)31-17-28(37-24(5)14-21(2)15-25(37)6)9-11-35(31)40(34)29-18-32(38)26(7)33(39)19-29/h8-19H,1-7H3. The van der Waals surface area contributed by atoms with Crippen molar-refractivity contribution in [3.63, 3.8) is 0 Å². The molecule has 0 aliphatic rings. The first kappa shape index (κ1) is 26.9. The summed E-state index contributed by atoms with van der Waals surface area (Å²) in [7, 11) is 0. The molecule has 0 saturated carbocycles. The molecule has 3 heteroatoms. The van der Waals surface area contributed by atoms with Gasteiger partial charge in [0.15, 0.2) is 0 Å². The largest absolute Gasteiger partial charge is 0.309 e. The van der Waals surface area contributed by atoms with E-state index in [-0.39, 0.29) is 0 Å². The third-order valence-corrected chi connectivity index (χ3v) is 9.44. The van der Waals surface area contributed by atoms with Gasteiger partial charge in [-0.15, -0.1) is 0 Å². The number of hydrogen-bond acceptors (Lipinski definition) is 0. The molecule has 1 nitrogen and oxygen atoms in total. The quantitative estimate of drug-likeness (QED) is 0.189. The van der Waals surface area contributed by atoms with Crippen molar-refractivity contribution >= 4 is 49.3 Å². The van der Waals surface area contributed by atoms with Crippen molar-refractivity contribution in [3.8, 4) is 27.9 Å². The molecule has 6 rings (SSSR count). The van der Waals surface area contributed by atoms with Crippen LogP contribution in [0, 0.1) is 48.5 Å². The van der Waals surface area contributed by atoms with Crippen molar-refractivity contribution in [2.45, 2.75) is 48.5 Å². The van der Waals surface area contributed by atoms with Crippen LogP contribution in [0.4, 0.5) is 0 Å². The van der Waals surface area contributed by atoms with Gasteiger partial charge in [-0.2, -0.15) is 0 Å². The van der Waals surface area contributed by atoms with Crippen LogP contribution in [-0.4, -0.2) is 4.57 Å². The van der Waals surface area contributed by atoms with Crippen molar-refractivity contribution in [1.29, 1.82) is 0 Å². The zero-order valence-corrected chi connectivity index (χ0v) is 26.5. The summed E-state index contributed by atoms with van der Waals surface area (Å²) in [6.45, 7) is 15.2. The Morgan fingerprint density at radius 3 is 1.38 bits per heavy atom. The Morgan fingerprint density at radius 1 is 0.550 bits per heavy atom. The van der Waals surface area contributed by atoms with Crippen molar-refractivity contribution in [2.24, 2.45) is 0 Å². The van der Waals surface area contributed by atoms with Crippen LogP contribution in [-0.2, 0) is 0 Å². The number of rotatable bonds is 3. The van der Waals surface area contributed by atoms with Gasteiger partial charge in [0.25, 0.3) is 0 Å². The zero-order valence-electron chi connectivity index (χ0n) is 24.1. The average Bonchev–Trinajstić information content (AvgIpc) is 3.19. The minimum Gasteiger partial charge on any atom is -0.309 e. The second-order valence-corrected chi connectivity index (χ2v) is 12.6. The minimum absolute atomic E-state index is 0.754. The van der Waals surface area contributed by atoms with E-state index in [0.29, 0.717) is 0 Å². The Morgan fingerprint density at radius 2 is 0.975 bits per heavy atom. The summed E-state index contributed by atoms with van der Waals surface area (Å²) in [6.07, 6.45) is 0. The summed E-state index contributed by atoms with van der Waals surface area (Å²) in [4.78, 5) is 0. The smallest absolute Gasteiger partial charge is 0.0541 e. The molecule has 0 fully saturated rings. The molecule has 5 aromatic carbocycles. The van der Waals surface area contributed by atoms with E-state index in [4.69, 9.17) is 11.6 Å². The van der Waals surface area contributed by atoms with E-state index in [2.05, 4.69) is 135 Å². The third kappa shape index (κ3) is 4.39.